The standard InChI is InChI=1S/C12H12NO3/c14-11-6-7-12(15)13(11)8-9-16-10-4-2-1-3-5-10/h1-4H,6-9H2. The van der Waals surface area contributed by atoms with Gasteiger partial charge in [-0.3, -0.25) is 14.5 Å². The van der Waals surface area contributed by atoms with Crippen molar-refractivity contribution in [1.29, 1.82) is 0 Å². The average Bonchev–Trinajstić information content (AvgIpc) is 2.62. The quantitative estimate of drug-likeness (QED) is 0.709. The smallest absolute Gasteiger partial charge is 0.229 e. The summed E-state index contributed by atoms with van der Waals surface area (Å²) in [6, 6.07) is 10.1. The van der Waals surface area contributed by atoms with Crippen LogP contribution in [0.15, 0.2) is 24.3 Å². The Hall–Kier alpha value is -1.84. The monoisotopic (exact) mass is 218 g/mol. The zero-order valence-corrected chi connectivity index (χ0v) is 8.81. The summed E-state index contributed by atoms with van der Waals surface area (Å²) in [7, 11) is 0. The van der Waals surface area contributed by atoms with Crippen LogP contribution in [0.1, 0.15) is 12.8 Å². The Morgan fingerprint density at radius 2 is 2.00 bits per heavy atom. The summed E-state index contributed by atoms with van der Waals surface area (Å²) in [5.41, 5.74) is 0. The van der Waals surface area contributed by atoms with E-state index in [0.29, 0.717) is 31.7 Å². The minimum Gasteiger partial charge on any atom is -0.491 e. The molecule has 1 saturated heterocycles. The van der Waals surface area contributed by atoms with E-state index < -0.39 is 0 Å². The number of hydrogen-bond acceptors (Lipinski definition) is 3. The average molecular weight is 218 g/mol. The first-order valence-electron chi connectivity index (χ1n) is 5.20. The summed E-state index contributed by atoms with van der Waals surface area (Å²) in [4.78, 5) is 23.8. The Labute approximate surface area is 93.8 Å². The van der Waals surface area contributed by atoms with Crippen LogP contribution in [0.2, 0.25) is 0 Å². The lowest BCUT2D eigenvalue weighted by molar-refractivity contribution is -0.138. The van der Waals surface area contributed by atoms with Gasteiger partial charge in [-0.1, -0.05) is 18.2 Å². The van der Waals surface area contributed by atoms with E-state index in [1.54, 1.807) is 12.1 Å². The highest BCUT2D eigenvalue weighted by Crippen LogP contribution is 2.12. The SMILES string of the molecule is O=C1CCC(=O)N1CCOc1[c]cccc1. The van der Waals surface area contributed by atoms with E-state index in [1.807, 2.05) is 12.1 Å². The second kappa shape index (κ2) is 4.79. The van der Waals surface area contributed by atoms with Gasteiger partial charge in [0, 0.05) is 18.9 Å². The molecule has 1 aromatic rings. The van der Waals surface area contributed by atoms with Gasteiger partial charge in [0.15, 0.2) is 0 Å². The molecule has 0 unspecified atom stereocenters. The van der Waals surface area contributed by atoms with E-state index in [2.05, 4.69) is 6.07 Å². The highest BCUT2D eigenvalue weighted by Gasteiger charge is 2.28. The zero-order chi connectivity index (χ0) is 11.4. The molecule has 0 atom stereocenters. The maximum Gasteiger partial charge on any atom is 0.229 e. The first-order chi connectivity index (χ1) is 7.77. The summed E-state index contributed by atoms with van der Waals surface area (Å²) < 4.78 is 5.36. The molecule has 1 fully saturated rings. The normalized spacial score (nSPS) is 15.6. The molecule has 0 bridgehead atoms. The van der Waals surface area contributed by atoms with Crippen LogP contribution in [0.4, 0.5) is 0 Å². The summed E-state index contributed by atoms with van der Waals surface area (Å²) in [6.07, 6.45) is 0.659. The maximum absolute atomic E-state index is 11.3. The Kier molecular flexibility index (Phi) is 3.19. The third-order valence-electron chi connectivity index (χ3n) is 2.41. The molecule has 2 rings (SSSR count). The number of carbonyl (C=O) groups excluding carboxylic acids is 2. The number of benzene rings is 1. The number of carbonyl (C=O) groups is 2. The van der Waals surface area contributed by atoms with Gasteiger partial charge >= 0.3 is 0 Å². The number of hydrogen-bond donors (Lipinski definition) is 0. The molecule has 0 spiro atoms. The number of amides is 2. The van der Waals surface area contributed by atoms with Crippen LogP contribution in [0.3, 0.4) is 0 Å². The summed E-state index contributed by atoms with van der Waals surface area (Å²) in [5.74, 6) is 0.415. The molecule has 83 valence electrons. The summed E-state index contributed by atoms with van der Waals surface area (Å²) in [6.45, 7) is 0.637. The minimum atomic E-state index is -0.106. The number of likely N-dealkylation sites (tertiary alicyclic amines) is 1. The molecule has 0 N–H and O–H groups in total. The highest BCUT2D eigenvalue weighted by atomic mass is 16.5. The van der Waals surface area contributed by atoms with Crippen LogP contribution in [0.25, 0.3) is 0 Å². The molecule has 1 aliphatic rings. The fourth-order valence-corrected chi connectivity index (χ4v) is 1.59. The molecule has 0 aliphatic carbocycles. The van der Waals surface area contributed by atoms with E-state index in [1.165, 1.54) is 4.90 Å². The van der Waals surface area contributed by atoms with E-state index in [0.717, 1.165) is 0 Å². The predicted octanol–water partition coefficient (Wildman–Crippen LogP) is 1.01. The first-order valence-corrected chi connectivity index (χ1v) is 5.20. The van der Waals surface area contributed by atoms with Crippen molar-refractivity contribution in [2.24, 2.45) is 0 Å². The Morgan fingerprint density at radius 3 is 2.62 bits per heavy atom. The zero-order valence-electron chi connectivity index (χ0n) is 8.81. The van der Waals surface area contributed by atoms with Crippen LogP contribution >= 0.6 is 0 Å². The van der Waals surface area contributed by atoms with Crippen LogP contribution in [0.5, 0.6) is 5.75 Å². The van der Waals surface area contributed by atoms with Crippen molar-refractivity contribution in [3.63, 3.8) is 0 Å². The molecule has 0 aromatic heterocycles. The van der Waals surface area contributed by atoms with Crippen molar-refractivity contribution >= 4 is 11.8 Å². The lowest BCUT2D eigenvalue weighted by Crippen LogP contribution is -2.33. The Bertz CT molecular complexity index is 373. The van der Waals surface area contributed by atoms with E-state index >= 15 is 0 Å². The van der Waals surface area contributed by atoms with Crippen molar-refractivity contribution in [2.75, 3.05) is 13.2 Å². The molecule has 4 heteroatoms. The second-order valence-electron chi connectivity index (χ2n) is 3.51. The molecule has 1 aliphatic heterocycles. The van der Waals surface area contributed by atoms with Gasteiger partial charge in [-0.05, 0) is 6.07 Å². The van der Waals surface area contributed by atoms with Gasteiger partial charge in [-0.2, -0.15) is 0 Å². The largest absolute Gasteiger partial charge is 0.491 e. The fourth-order valence-electron chi connectivity index (χ4n) is 1.59. The van der Waals surface area contributed by atoms with Gasteiger partial charge in [-0.25, -0.2) is 0 Å². The van der Waals surface area contributed by atoms with Gasteiger partial charge in [0.2, 0.25) is 11.8 Å². The number of ether oxygens (including phenoxy) is 1. The molecular weight excluding hydrogens is 206 g/mol. The maximum atomic E-state index is 11.3. The Morgan fingerprint density at radius 1 is 1.25 bits per heavy atom. The fraction of sp³-hybridized carbons (Fsp3) is 0.333. The van der Waals surface area contributed by atoms with E-state index in [9.17, 15) is 9.59 Å². The highest BCUT2D eigenvalue weighted by molar-refractivity contribution is 6.01. The molecule has 1 radical (unpaired) electrons. The van der Waals surface area contributed by atoms with Crippen molar-refractivity contribution in [1.82, 2.24) is 4.90 Å². The van der Waals surface area contributed by atoms with Gasteiger partial charge in [0.25, 0.3) is 0 Å². The van der Waals surface area contributed by atoms with Crippen molar-refractivity contribution < 1.29 is 14.3 Å². The minimum absolute atomic E-state index is 0.106. The number of para-hydroxylation sites is 1. The van der Waals surface area contributed by atoms with Crippen molar-refractivity contribution in [2.45, 2.75) is 12.8 Å². The van der Waals surface area contributed by atoms with Crippen molar-refractivity contribution in [3.8, 4) is 5.75 Å². The molecule has 4 nitrogen and oxygen atoms in total. The van der Waals surface area contributed by atoms with Crippen LogP contribution in [-0.2, 0) is 9.59 Å². The number of nitrogens with zero attached hydrogens (tertiary/aromatic N) is 1. The molecular formula is C12H12NO3. The molecule has 2 amide bonds. The van der Waals surface area contributed by atoms with E-state index in [-0.39, 0.29) is 11.8 Å². The topological polar surface area (TPSA) is 46.6 Å². The van der Waals surface area contributed by atoms with Crippen LogP contribution in [0, 0.1) is 6.07 Å². The van der Waals surface area contributed by atoms with Crippen LogP contribution < -0.4 is 4.74 Å². The van der Waals surface area contributed by atoms with Crippen molar-refractivity contribution in [3.05, 3.63) is 30.3 Å². The summed E-state index contributed by atoms with van der Waals surface area (Å²) >= 11 is 0. The molecule has 16 heavy (non-hydrogen) atoms. The predicted molar refractivity (Wildman–Crippen MR) is 56.7 cm³/mol. The number of imide groups is 1. The molecule has 1 heterocycles. The lowest BCUT2D eigenvalue weighted by atomic mass is 10.3. The summed E-state index contributed by atoms with van der Waals surface area (Å²) in [5, 5.41) is 0. The van der Waals surface area contributed by atoms with E-state index in [4.69, 9.17) is 4.74 Å². The number of rotatable bonds is 4. The third-order valence-corrected chi connectivity index (χ3v) is 2.41. The molecule has 0 saturated carbocycles. The lowest BCUT2D eigenvalue weighted by Gasteiger charge is -2.13. The first kappa shape index (κ1) is 10.7. The van der Waals surface area contributed by atoms with Gasteiger partial charge in [-0.15, -0.1) is 0 Å². The van der Waals surface area contributed by atoms with Gasteiger partial charge in [0.1, 0.15) is 12.4 Å². The van der Waals surface area contributed by atoms with Gasteiger partial charge < -0.3 is 4.74 Å². The van der Waals surface area contributed by atoms with Gasteiger partial charge in [0.05, 0.1) is 6.54 Å². The second-order valence-corrected chi connectivity index (χ2v) is 3.51. The van der Waals surface area contributed by atoms with Crippen LogP contribution in [-0.4, -0.2) is 29.9 Å². The molecule has 1 aromatic carbocycles. The third kappa shape index (κ3) is 2.39. The Balaban J connectivity index is 1.80.